The lowest BCUT2D eigenvalue weighted by atomic mass is 9.86. The molecular formula is C17H27NO3. The zero-order chi connectivity index (χ0) is 14.9. The molecule has 21 heavy (non-hydrogen) atoms. The molecule has 0 radical (unpaired) electrons. The van der Waals surface area contributed by atoms with Crippen LogP contribution in [0.4, 0.5) is 0 Å². The highest BCUT2D eigenvalue weighted by Crippen LogP contribution is 2.34. The molecule has 1 aromatic carbocycles. The Bertz CT molecular complexity index is 405. The third-order valence-electron chi connectivity index (χ3n) is 3.96. The van der Waals surface area contributed by atoms with Crippen LogP contribution in [-0.2, 0) is 9.47 Å². The molecule has 0 aliphatic carbocycles. The monoisotopic (exact) mass is 293 g/mol. The summed E-state index contributed by atoms with van der Waals surface area (Å²) in [6.45, 7) is 6.02. The second kappa shape index (κ2) is 9.03. The minimum atomic E-state index is 0.331. The van der Waals surface area contributed by atoms with Gasteiger partial charge in [0.25, 0.3) is 0 Å². The zero-order valence-electron chi connectivity index (χ0n) is 13.1. The van der Waals surface area contributed by atoms with Crippen molar-refractivity contribution in [2.45, 2.75) is 25.8 Å². The van der Waals surface area contributed by atoms with Crippen LogP contribution in [0.25, 0.3) is 0 Å². The van der Waals surface area contributed by atoms with Crippen LogP contribution < -0.4 is 10.1 Å². The average Bonchev–Trinajstić information content (AvgIpc) is 2.54. The maximum Gasteiger partial charge on any atom is 0.124 e. The smallest absolute Gasteiger partial charge is 0.124 e. The molecule has 0 spiro atoms. The standard InChI is InChI=1S/C17H27NO3/c1-3-18-17(14-8-10-20-11-9-14)15-6-4-5-7-16(15)21-13-12-19-2/h4-7,14,17-18H,3,8-13H2,1-2H3. The first-order valence-corrected chi connectivity index (χ1v) is 7.88. The number of methoxy groups -OCH3 is 1. The van der Waals surface area contributed by atoms with E-state index in [9.17, 15) is 0 Å². The van der Waals surface area contributed by atoms with Gasteiger partial charge in [-0.3, -0.25) is 0 Å². The topological polar surface area (TPSA) is 39.7 Å². The summed E-state index contributed by atoms with van der Waals surface area (Å²) in [5.74, 6) is 1.57. The molecule has 2 rings (SSSR count). The molecule has 1 saturated heterocycles. The van der Waals surface area contributed by atoms with Crippen LogP contribution in [-0.4, -0.2) is 40.1 Å². The summed E-state index contributed by atoms with van der Waals surface area (Å²) in [5.41, 5.74) is 1.25. The van der Waals surface area contributed by atoms with Gasteiger partial charge in [0, 0.05) is 31.9 Å². The normalized spacial score (nSPS) is 17.6. The molecular weight excluding hydrogens is 266 g/mol. The minimum absolute atomic E-state index is 0.331. The Labute approximate surface area is 127 Å². The van der Waals surface area contributed by atoms with Gasteiger partial charge in [0.05, 0.1) is 6.61 Å². The zero-order valence-corrected chi connectivity index (χ0v) is 13.1. The number of ether oxygens (including phenoxy) is 3. The summed E-state index contributed by atoms with van der Waals surface area (Å²) in [6, 6.07) is 8.66. The van der Waals surface area contributed by atoms with Crippen molar-refractivity contribution in [1.82, 2.24) is 5.32 Å². The van der Waals surface area contributed by atoms with Crippen molar-refractivity contribution >= 4 is 0 Å². The van der Waals surface area contributed by atoms with Crippen LogP contribution in [0.3, 0.4) is 0 Å². The molecule has 1 atom stereocenters. The maximum atomic E-state index is 5.90. The molecule has 0 aromatic heterocycles. The summed E-state index contributed by atoms with van der Waals surface area (Å²) in [7, 11) is 1.69. The van der Waals surface area contributed by atoms with Gasteiger partial charge in [-0.1, -0.05) is 25.1 Å². The summed E-state index contributed by atoms with van der Waals surface area (Å²) >= 11 is 0. The molecule has 0 bridgehead atoms. The minimum Gasteiger partial charge on any atom is -0.491 e. The Hall–Kier alpha value is -1.10. The van der Waals surface area contributed by atoms with E-state index in [0.717, 1.165) is 38.3 Å². The number of hydrogen-bond donors (Lipinski definition) is 1. The highest BCUT2D eigenvalue weighted by Gasteiger charge is 2.26. The Morgan fingerprint density at radius 3 is 2.71 bits per heavy atom. The Morgan fingerprint density at radius 2 is 2.00 bits per heavy atom. The highest BCUT2D eigenvalue weighted by atomic mass is 16.5. The van der Waals surface area contributed by atoms with Crippen LogP contribution in [0.1, 0.15) is 31.4 Å². The van der Waals surface area contributed by atoms with E-state index in [-0.39, 0.29) is 0 Å². The fourth-order valence-corrected chi connectivity index (χ4v) is 2.90. The Balaban J connectivity index is 2.14. The van der Waals surface area contributed by atoms with Crippen molar-refractivity contribution in [3.8, 4) is 5.75 Å². The van der Waals surface area contributed by atoms with E-state index in [2.05, 4.69) is 30.4 Å². The van der Waals surface area contributed by atoms with Crippen molar-refractivity contribution in [3.63, 3.8) is 0 Å². The molecule has 1 aliphatic rings. The Morgan fingerprint density at radius 1 is 1.24 bits per heavy atom. The first-order valence-electron chi connectivity index (χ1n) is 7.88. The van der Waals surface area contributed by atoms with Crippen molar-refractivity contribution in [2.24, 2.45) is 5.92 Å². The van der Waals surface area contributed by atoms with Crippen LogP contribution in [0.2, 0.25) is 0 Å². The van der Waals surface area contributed by atoms with Crippen LogP contribution >= 0.6 is 0 Å². The number of para-hydroxylation sites is 1. The first kappa shape index (κ1) is 16.3. The number of hydrogen-bond acceptors (Lipinski definition) is 4. The number of nitrogens with one attached hydrogen (secondary N) is 1. The van der Waals surface area contributed by atoms with Gasteiger partial charge in [0.1, 0.15) is 12.4 Å². The van der Waals surface area contributed by atoms with Crippen molar-refractivity contribution < 1.29 is 14.2 Å². The van der Waals surface area contributed by atoms with E-state index in [0.29, 0.717) is 25.2 Å². The van der Waals surface area contributed by atoms with Gasteiger partial charge in [-0.25, -0.2) is 0 Å². The van der Waals surface area contributed by atoms with Gasteiger partial charge in [0.15, 0.2) is 0 Å². The average molecular weight is 293 g/mol. The quantitative estimate of drug-likeness (QED) is 0.748. The van der Waals surface area contributed by atoms with Gasteiger partial charge in [-0.2, -0.15) is 0 Å². The molecule has 1 heterocycles. The molecule has 4 heteroatoms. The van der Waals surface area contributed by atoms with Gasteiger partial charge < -0.3 is 19.5 Å². The van der Waals surface area contributed by atoms with Crippen LogP contribution in [0.5, 0.6) is 5.75 Å². The molecule has 4 nitrogen and oxygen atoms in total. The van der Waals surface area contributed by atoms with Gasteiger partial charge in [0.2, 0.25) is 0 Å². The third-order valence-corrected chi connectivity index (χ3v) is 3.96. The molecule has 0 amide bonds. The van der Waals surface area contributed by atoms with Crippen LogP contribution in [0, 0.1) is 5.92 Å². The Kier molecular flexibility index (Phi) is 7.00. The van der Waals surface area contributed by atoms with E-state index >= 15 is 0 Å². The first-order chi connectivity index (χ1) is 10.4. The van der Waals surface area contributed by atoms with Crippen LogP contribution in [0.15, 0.2) is 24.3 Å². The van der Waals surface area contributed by atoms with E-state index in [4.69, 9.17) is 14.2 Å². The van der Waals surface area contributed by atoms with Gasteiger partial charge in [-0.05, 0) is 31.4 Å². The number of benzene rings is 1. The van der Waals surface area contributed by atoms with E-state index < -0.39 is 0 Å². The highest BCUT2D eigenvalue weighted by molar-refractivity contribution is 5.36. The van der Waals surface area contributed by atoms with Crippen molar-refractivity contribution in [1.29, 1.82) is 0 Å². The summed E-state index contributed by atoms with van der Waals surface area (Å²) in [4.78, 5) is 0. The van der Waals surface area contributed by atoms with E-state index in [1.165, 1.54) is 5.56 Å². The lowest BCUT2D eigenvalue weighted by Crippen LogP contribution is -2.32. The maximum absolute atomic E-state index is 5.90. The molecule has 1 aliphatic heterocycles. The van der Waals surface area contributed by atoms with Crippen molar-refractivity contribution in [2.75, 3.05) is 40.1 Å². The van der Waals surface area contributed by atoms with Gasteiger partial charge in [-0.15, -0.1) is 0 Å². The van der Waals surface area contributed by atoms with Gasteiger partial charge >= 0.3 is 0 Å². The molecule has 1 fully saturated rings. The molecule has 118 valence electrons. The molecule has 1 aromatic rings. The second-order valence-corrected chi connectivity index (χ2v) is 5.36. The third kappa shape index (κ3) is 4.70. The second-order valence-electron chi connectivity index (χ2n) is 5.36. The predicted octanol–water partition coefficient (Wildman–Crippen LogP) is 2.79. The fourth-order valence-electron chi connectivity index (χ4n) is 2.90. The molecule has 0 saturated carbocycles. The largest absolute Gasteiger partial charge is 0.491 e. The predicted molar refractivity (Wildman–Crippen MR) is 83.8 cm³/mol. The summed E-state index contributed by atoms with van der Waals surface area (Å²) in [6.07, 6.45) is 2.20. The molecule has 1 unspecified atom stereocenters. The van der Waals surface area contributed by atoms with Crippen molar-refractivity contribution in [3.05, 3.63) is 29.8 Å². The summed E-state index contributed by atoms with van der Waals surface area (Å²) in [5, 5.41) is 3.63. The lowest BCUT2D eigenvalue weighted by Gasteiger charge is -2.32. The molecule has 1 N–H and O–H groups in total. The lowest BCUT2D eigenvalue weighted by molar-refractivity contribution is 0.0532. The SMILES string of the molecule is CCNC(c1ccccc1OCCOC)C1CCOCC1. The van der Waals surface area contributed by atoms with E-state index in [1.54, 1.807) is 7.11 Å². The van der Waals surface area contributed by atoms with E-state index in [1.807, 2.05) is 6.07 Å². The summed E-state index contributed by atoms with van der Waals surface area (Å²) < 4.78 is 16.5. The number of rotatable bonds is 8. The fraction of sp³-hybridized carbons (Fsp3) is 0.647.